The lowest BCUT2D eigenvalue weighted by Crippen LogP contribution is -2.42. The van der Waals surface area contributed by atoms with Gasteiger partial charge in [0.2, 0.25) is 0 Å². The van der Waals surface area contributed by atoms with E-state index in [1.807, 2.05) is 36.6 Å². The highest BCUT2D eigenvalue weighted by atomic mass is 32.1. The number of furan rings is 1. The summed E-state index contributed by atoms with van der Waals surface area (Å²) in [6.45, 7) is 7.17. The van der Waals surface area contributed by atoms with Gasteiger partial charge in [0.1, 0.15) is 11.5 Å². The largest absolute Gasteiger partial charge is 0.460 e. The van der Waals surface area contributed by atoms with Crippen LogP contribution < -0.4 is 5.32 Å². The van der Waals surface area contributed by atoms with Crippen LogP contribution in [0.2, 0.25) is 0 Å². The maximum absolute atomic E-state index is 5.73. The van der Waals surface area contributed by atoms with Gasteiger partial charge in [0.15, 0.2) is 5.76 Å². The van der Waals surface area contributed by atoms with Gasteiger partial charge in [0.25, 0.3) is 0 Å². The van der Waals surface area contributed by atoms with Crippen molar-refractivity contribution in [1.82, 2.24) is 20.4 Å². The molecule has 0 amide bonds. The monoisotopic (exact) mass is 372 g/mol. The Bertz CT molecular complexity index is 805. The number of hydrogen-bond acceptors (Lipinski definition) is 6. The summed E-state index contributed by atoms with van der Waals surface area (Å²) in [4.78, 5) is 3.91. The van der Waals surface area contributed by atoms with E-state index in [0.29, 0.717) is 6.04 Å². The van der Waals surface area contributed by atoms with E-state index in [0.717, 1.165) is 62.2 Å². The molecule has 26 heavy (non-hydrogen) atoms. The molecular weight excluding hydrogens is 348 g/mol. The van der Waals surface area contributed by atoms with Gasteiger partial charge in [-0.2, -0.15) is 5.10 Å². The van der Waals surface area contributed by atoms with E-state index in [-0.39, 0.29) is 0 Å². The molecule has 0 radical (unpaired) electrons. The molecule has 0 aromatic carbocycles. The minimum Gasteiger partial charge on any atom is -0.460 e. The van der Waals surface area contributed by atoms with E-state index in [1.54, 1.807) is 0 Å². The van der Waals surface area contributed by atoms with Crippen molar-refractivity contribution >= 4 is 11.3 Å². The fourth-order valence-corrected chi connectivity index (χ4v) is 4.21. The molecule has 1 atom stereocenters. The smallest absolute Gasteiger partial charge is 0.152 e. The third kappa shape index (κ3) is 3.91. The zero-order valence-corrected chi connectivity index (χ0v) is 15.7. The molecule has 1 aliphatic rings. The van der Waals surface area contributed by atoms with Crippen molar-refractivity contribution in [1.29, 1.82) is 0 Å². The normalized spacial score (nSPS) is 16.8. The Hall–Kier alpha value is -1.93. The highest BCUT2D eigenvalue weighted by Gasteiger charge is 2.23. The second kappa shape index (κ2) is 8.18. The lowest BCUT2D eigenvalue weighted by molar-refractivity contribution is 0.0168. The first-order chi connectivity index (χ1) is 12.8. The molecule has 4 heterocycles. The van der Waals surface area contributed by atoms with Crippen LogP contribution in [-0.4, -0.2) is 47.9 Å². The summed E-state index contributed by atoms with van der Waals surface area (Å²) in [6.07, 6.45) is 1.87. The standard InChI is InChI=1S/C19H24N4O2S/c1-14-4-5-17(25-14)19-15(12-21-22-19)11-20-13-16(18-3-2-10-26-18)23-6-8-24-9-7-23/h2-5,10,12,16,20H,6-9,11,13H2,1H3,(H,21,22). The van der Waals surface area contributed by atoms with Crippen molar-refractivity contribution in [2.45, 2.75) is 19.5 Å². The first-order valence-corrected chi connectivity index (χ1v) is 9.84. The second-order valence-electron chi connectivity index (χ2n) is 6.49. The van der Waals surface area contributed by atoms with Crippen molar-refractivity contribution in [3.8, 4) is 11.5 Å². The van der Waals surface area contributed by atoms with Gasteiger partial charge >= 0.3 is 0 Å². The topological polar surface area (TPSA) is 66.3 Å². The van der Waals surface area contributed by atoms with Crippen LogP contribution in [0.4, 0.5) is 0 Å². The number of rotatable bonds is 7. The molecule has 1 unspecified atom stereocenters. The third-order valence-corrected chi connectivity index (χ3v) is 5.69. The molecule has 2 N–H and O–H groups in total. The predicted octanol–water partition coefficient (Wildman–Crippen LogP) is 3.20. The van der Waals surface area contributed by atoms with Gasteiger partial charge in [-0.3, -0.25) is 10.00 Å². The van der Waals surface area contributed by atoms with Crippen LogP contribution in [0.25, 0.3) is 11.5 Å². The summed E-state index contributed by atoms with van der Waals surface area (Å²) < 4.78 is 11.2. The molecule has 0 bridgehead atoms. The molecule has 0 spiro atoms. The predicted molar refractivity (Wildman–Crippen MR) is 102 cm³/mol. The van der Waals surface area contributed by atoms with E-state index in [4.69, 9.17) is 9.15 Å². The molecule has 7 heteroatoms. The molecule has 0 aliphatic carbocycles. The highest BCUT2D eigenvalue weighted by molar-refractivity contribution is 7.10. The Morgan fingerprint density at radius 2 is 2.19 bits per heavy atom. The molecule has 138 valence electrons. The Kier molecular flexibility index (Phi) is 5.50. The van der Waals surface area contributed by atoms with Gasteiger partial charge < -0.3 is 14.5 Å². The van der Waals surface area contributed by atoms with Crippen molar-refractivity contribution in [2.24, 2.45) is 0 Å². The zero-order chi connectivity index (χ0) is 17.8. The lowest BCUT2D eigenvalue weighted by atomic mass is 10.1. The number of nitrogens with zero attached hydrogens (tertiary/aromatic N) is 2. The van der Waals surface area contributed by atoms with E-state index in [9.17, 15) is 0 Å². The first kappa shape index (κ1) is 17.5. The molecule has 4 rings (SSSR count). The number of H-pyrrole nitrogens is 1. The van der Waals surface area contributed by atoms with Crippen molar-refractivity contribution < 1.29 is 9.15 Å². The molecule has 3 aromatic heterocycles. The molecule has 6 nitrogen and oxygen atoms in total. The maximum Gasteiger partial charge on any atom is 0.152 e. The number of aromatic nitrogens is 2. The van der Waals surface area contributed by atoms with Crippen LogP contribution >= 0.6 is 11.3 Å². The minimum atomic E-state index is 0.375. The summed E-state index contributed by atoms with van der Waals surface area (Å²) >= 11 is 1.82. The van der Waals surface area contributed by atoms with Gasteiger partial charge in [0, 0.05) is 36.6 Å². The average Bonchev–Trinajstić information content (AvgIpc) is 3.41. The van der Waals surface area contributed by atoms with Crippen LogP contribution in [0.15, 0.2) is 40.3 Å². The van der Waals surface area contributed by atoms with Crippen LogP contribution in [-0.2, 0) is 11.3 Å². The Morgan fingerprint density at radius 1 is 1.31 bits per heavy atom. The van der Waals surface area contributed by atoms with Crippen LogP contribution in [0, 0.1) is 6.92 Å². The van der Waals surface area contributed by atoms with Gasteiger partial charge in [-0.15, -0.1) is 11.3 Å². The van der Waals surface area contributed by atoms with E-state index in [2.05, 4.69) is 37.9 Å². The van der Waals surface area contributed by atoms with Gasteiger partial charge in [-0.1, -0.05) is 6.07 Å². The van der Waals surface area contributed by atoms with Crippen LogP contribution in [0.1, 0.15) is 22.2 Å². The molecule has 1 aliphatic heterocycles. The molecule has 1 saturated heterocycles. The minimum absolute atomic E-state index is 0.375. The fourth-order valence-electron chi connectivity index (χ4n) is 3.35. The van der Waals surface area contributed by atoms with Crippen molar-refractivity contribution in [3.63, 3.8) is 0 Å². The maximum atomic E-state index is 5.73. The van der Waals surface area contributed by atoms with E-state index < -0.39 is 0 Å². The average molecular weight is 372 g/mol. The number of thiophene rings is 1. The molecular formula is C19H24N4O2S. The molecule has 0 saturated carbocycles. The second-order valence-corrected chi connectivity index (χ2v) is 7.47. The quantitative estimate of drug-likeness (QED) is 0.667. The van der Waals surface area contributed by atoms with E-state index in [1.165, 1.54) is 4.88 Å². The SMILES string of the molecule is Cc1ccc(-c2[nH]ncc2CNCC(c2cccs2)N2CCOCC2)o1. The Labute approximate surface area is 157 Å². The summed E-state index contributed by atoms with van der Waals surface area (Å²) in [5.74, 6) is 1.73. The van der Waals surface area contributed by atoms with Crippen LogP contribution in [0.5, 0.6) is 0 Å². The Morgan fingerprint density at radius 3 is 2.92 bits per heavy atom. The molecule has 1 fully saturated rings. The summed E-state index contributed by atoms with van der Waals surface area (Å²) in [5, 5.41) is 13.0. The lowest BCUT2D eigenvalue weighted by Gasteiger charge is -2.34. The number of ether oxygens (including phenoxy) is 1. The summed E-state index contributed by atoms with van der Waals surface area (Å²) in [7, 11) is 0. The van der Waals surface area contributed by atoms with Crippen molar-refractivity contribution in [2.75, 3.05) is 32.8 Å². The highest BCUT2D eigenvalue weighted by Crippen LogP contribution is 2.26. The van der Waals surface area contributed by atoms with Crippen LogP contribution in [0.3, 0.4) is 0 Å². The van der Waals surface area contributed by atoms with Gasteiger partial charge in [-0.05, 0) is 30.5 Å². The fraction of sp³-hybridized carbons (Fsp3) is 0.421. The van der Waals surface area contributed by atoms with E-state index >= 15 is 0 Å². The zero-order valence-electron chi connectivity index (χ0n) is 14.9. The Balaban J connectivity index is 1.42. The van der Waals surface area contributed by atoms with Crippen molar-refractivity contribution in [3.05, 3.63) is 52.0 Å². The number of nitrogens with one attached hydrogen (secondary N) is 2. The number of aryl methyl sites for hydroxylation is 1. The number of morpholine rings is 1. The molecule has 3 aromatic rings. The third-order valence-electron chi connectivity index (χ3n) is 4.72. The summed E-state index contributed by atoms with van der Waals surface area (Å²) in [5.41, 5.74) is 2.07. The first-order valence-electron chi connectivity index (χ1n) is 8.96. The summed E-state index contributed by atoms with van der Waals surface area (Å²) in [6, 6.07) is 8.68. The van der Waals surface area contributed by atoms with Gasteiger partial charge in [0.05, 0.1) is 25.5 Å². The number of hydrogen-bond donors (Lipinski definition) is 2. The van der Waals surface area contributed by atoms with Gasteiger partial charge in [-0.25, -0.2) is 0 Å². The number of aromatic amines is 1.